The number of aromatic amines is 1. The van der Waals surface area contributed by atoms with E-state index in [-0.39, 0.29) is 11.4 Å². The molecule has 0 saturated heterocycles. The number of carboxylic acid groups (broad SMARTS) is 1. The predicted octanol–water partition coefficient (Wildman–Crippen LogP) is 1.62. The first-order valence-corrected chi connectivity index (χ1v) is 7.78. The molecule has 0 spiro atoms. The molecule has 2 aromatic rings. The van der Waals surface area contributed by atoms with E-state index in [1.54, 1.807) is 0 Å². The van der Waals surface area contributed by atoms with Gasteiger partial charge in [-0.05, 0) is 42.9 Å². The Morgan fingerprint density at radius 3 is 3.00 bits per heavy atom. The molecule has 1 heterocycles. The van der Waals surface area contributed by atoms with Crippen LogP contribution in [0.2, 0.25) is 0 Å². The van der Waals surface area contributed by atoms with Crippen molar-refractivity contribution >= 4 is 17.7 Å². The van der Waals surface area contributed by atoms with Crippen LogP contribution in [0.4, 0.5) is 0 Å². The maximum atomic E-state index is 12.1. The van der Waals surface area contributed by atoms with Crippen LogP contribution in [0.1, 0.15) is 24.0 Å². The quantitative estimate of drug-likeness (QED) is 0.838. The molecule has 3 rings (SSSR count). The third kappa shape index (κ3) is 2.73. The summed E-state index contributed by atoms with van der Waals surface area (Å²) in [6.07, 6.45) is 4.23. The third-order valence-corrected chi connectivity index (χ3v) is 4.50. The Labute approximate surface area is 125 Å². The summed E-state index contributed by atoms with van der Waals surface area (Å²) in [5.41, 5.74) is 2.92. The van der Waals surface area contributed by atoms with Gasteiger partial charge in [0.1, 0.15) is 0 Å². The smallest absolute Gasteiger partial charge is 0.348 e. The zero-order valence-corrected chi connectivity index (χ0v) is 12.2. The number of aliphatic carboxylic acids is 1. The molecule has 7 heteroatoms. The van der Waals surface area contributed by atoms with E-state index in [1.807, 2.05) is 12.1 Å². The van der Waals surface area contributed by atoms with Crippen LogP contribution in [0, 0.1) is 0 Å². The molecular weight excluding hydrogens is 290 g/mol. The number of fused-ring (bicyclic) bond motifs is 1. The lowest BCUT2D eigenvalue weighted by Crippen LogP contribution is -2.19. The minimum absolute atomic E-state index is 0.126. The fourth-order valence-electron chi connectivity index (χ4n) is 2.69. The number of nitrogens with zero attached hydrogens (tertiary/aromatic N) is 2. The highest BCUT2D eigenvalue weighted by molar-refractivity contribution is 7.99. The number of rotatable bonds is 4. The highest BCUT2D eigenvalue weighted by Gasteiger charge is 2.19. The molecule has 2 N–H and O–H groups in total. The maximum Gasteiger partial charge on any atom is 0.348 e. The molecule has 110 valence electrons. The van der Waals surface area contributed by atoms with Crippen LogP contribution in [0.5, 0.6) is 0 Å². The Hall–Kier alpha value is -2.02. The van der Waals surface area contributed by atoms with Crippen LogP contribution in [-0.4, -0.2) is 31.6 Å². The van der Waals surface area contributed by atoms with Gasteiger partial charge in [-0.1, -0.05) is 23.9 Å². The minimum Gasteiger partial charge on any atom is -0.481 e. The second-order valence-electron chi connectivity index (χ2n) is 4.95. The topological polar surface area (TPSA) is 88.0 Å². The van der Waals surface area contributed by atoms with Crippen molar-refractivity contribution in [2.24, 2.45) is 0 Å². The van der Waals surface area contributed by atoms with Gasteiger partial charge in [0, 0.05) is 0 Å². The van der Waals surface area contributed by atoms with Gasteiger partial charge in [0.15, 0.2) is 5.16 Å². The van der Waals surface area contributed by atoms with Gasteiger partial charge in [0.25, 0.3) is 0 Å². The van der Waals surface area contributed by atoms with E-state index >= 15 is 0 Å². The first-order chi connectivity index (χ1) is 10.2. The van der Waals surface area contributed by atoms with Gasteiger partial charge in [0.2, 0.25) is 0 Å². The largest absolute Gasteiger partial charge is 0.481 e. The molecule has 1 aliphatic carbocycles. The summed E-state index contributed by atoms with van der Waals surface area (Å²) in [7, 11) is 0. The summed E-state index contributed by atoms with van der Waals surface area (Å²) in [5.74, 6) is -1.06. The van der Waals surface area contributed by atoms with Gasteiger partial charge >= 0.3 is 11.7 Å². The summed E-state index contributed by atoms with van der Waals surface area (Å²) in [6.45, 7) is 0. The first-order valence-electron chi connectivity index (χ1n) is 6.80. The fourth-order valence-corrected chi connectivity index (χ4v) is 3.36. The molecule has 21 heavy (non-hydrogen) atoms. The van der Waals surface area contributed by atoms with E-state index in [0.717, 1.165) is 43.1 Å². The van der Waals surface area contributed by atoms with Gasteiger partial charge in [-0.2, -0.15) is 0 Å². The molecule has 1 aromatic carbocycles. The van der Waals surface area contributed by atoms with Crippen LogP contribution >= 0.6 is 11.8 Å². The molecule has 0 bridgehead atoms. The highest BCUT2D eigenvalue weighted by atomic mass is 32.2. The lowest BCUT2D eigenvalue weighted by molar-refractivity contribution is -0.133. The highest BCUT2D eigenvalue weighted by Crippen LogP contribution is 2.28. The summed E-state index contributed by atoms with van der Waals surface area (Å²) < 4.78 is 1.48. The number of hydrogen-bond acceptors (Lipinski definition) is 4. The van der Waals surface area contributed by atoms with E-state index in [0.29, 0.717) is 5.16 Å². The van der Waals surface area contributed by atoms with Crippen molar-refractivity contribution in [3.05, 3.63) is 39.8 Å². The number of carbonyl (C=O) groups is 1. The van der Waals surface area contributed by atoms with Gasteiger partial charge < -0.3 is 5.11 Å². The Balaban J connectivity index is 2.06. The summed E-state index contributed by atoms with van der Waals surface area (Å²) in [4.78, 5) is 22.8. The molecular formula is C14H15N3O3S. The summed E-state index contributed by atoms with van der Waals surface area (Å²) in [5, 5.41) is 15.5. The van der Waals surface area contributed by atoms with E-state index < -0.39 is 5.97 Å². The van der Waals surface area contributed by atoms with E-state index in [1.165, 1.54) is 15.7 Å². The monoisotopic (exact) mass is 305 g/mol. The fraction of sp³-hybridized carbons (Fsp3) is 0.357. The summed E-state index contributed by atoms with van der Waals surface area (Å²) >= 11 is 1.04. The van der Waals surface area contributed by atoms with E-state index in [4.69, 9.17) is 5.11 Å². The predicted molar refractivity (Wildman–Crippen MR) is 79.2 cm³/mol. The van der Waals surface area contributed by atoms with Crippen molar-refractivity contribution in [3.8, 4) is 5.69 Å². The molecule has 0 radical (unpaired) electrons. The van der Waals surface area contributed by atoms with Gasteiger partial charge in [-0.25, -0.2) is 14.5 Å². The average Bonchev–Trinajstić information content (AvgIpc) is 2.85. The average molecular weight is 305 g/mol. The molecule has 0 amide bonds. The molecule has 1 aromatic heterocycles. The van der Waals surface area contributed by atoms with Crippen LogP contribution < -0.4 is 5.69 Å². The van der Waals surface area contributed by atoms with Crippen molar-refractivity contribution in [1.29, 1.82) is 0 Å². The number of benzene rings is 1. The molecule has 0 aliphatic heterocycles. The van der Waals surface area contributed by atoms with Crippen LogP contribution in [0.15, 0.2) is 28.2 Å². The molecule has 0 saturated carbocycles. The zero-order valence-electron chi connectivity index (χ0n) is 11.3. The van der Waals surface area contributed by atoms with Gasteiger partial charge in [0.05, 0.1) is 11.4 Å². The van der Waals surface area contributed by atoms with Crippen molar-refractivity contribution in [3.63, 3.8) is 0 Å². The van der Waals surface area contributed by atoms with Crippen molar-refractivity contribution < 1.29 is 9.90 Å². The number of aromatic nitrogens is 3. The number of carboxylic acids is 1. The van der Waals surface area contributed by atoms with Crippen molar-refractivity contribution in [2.75, 3.05) is 5.75 Å². The van der Waals surface area contributed by atoms with Gasteiger partial charge in [-0.15, -0.1) is 5.10 Å². The molecule has 0 fully saturated rings. The second-order valence-corrected chi connectivity index (χ2v) is 5.89. The van der Waals surface area contributed by atoms with Crippen molar-refractivity contribution in [2.45, 2.75) is 30.8 Å². The Kier molecular flexibility index (Phi) is 3.83. The normalized spacial score (nSPS) is 13.9. The number of nitrogens with one attached hydrogen (secondary N) is 1. The molecule has 0 atom stereocenters. The van der Waals surface area contributed by atoms with Crippen LogP contribution in [0.25, 0.3) is 5.69 Å². The molecule has 1 aliphatic rings. The van der Waals surface area contributed by atoms with Crippen LogP contribution in [0.3, 0.4) is 0 Å². The standard InChI is InChI=1S/C14H15N3O3S/c18-12(19)8-21-14-16-15-13(20)17(14)11-7-3-5-9-4-1-2-6-10(9)11/h3,5,7H,1-2,4,6,8H2,(H,15,20)(H,18,19). The number of hydrogen-bond donors (Lipinski definition) is 2. The maximum absolute atomic E-state index is 12.1. The van der Waals surface area contributed by atoms with Crippen molar-refractivity contribution in [1.82, 2.24) is 14.8 Å². The number of thioether (sulfide) groups is 1. The summed E-state index contributed by atoms with van der Waals surface area (Å²) in [6, 6.07) is 5.92. The Morgan fingerprint density at radius 1 is 1.38 bits per heavy atom. The first kappa shape index (κ1) is 13.9. The second kappa shape index (κ2) is 5.77. The number of H-pyrrole nitrogens is 1. The lowest BCUT2D eigenvalue weighted by Gasteiger charge is -2.19. The number of aryl methyl sites for hydroxylation is 1. The van der Waals surface area contributed by atoms with E-state index in [9.17, 15) is 9.59 Å². The molecule has 0 unspecified atom stereocenters. The lowest BCUT2D eigenvalue weighted by atomic mass is 9.90. The van der Waals surface area contributed by atoms with Gasteiger partial charge in [-0.3, -0.25) is 4.79 Å². The SMILES string of the molecule is O=C(O)CSc1n[nH]c(=O)n1-c1cccc2c1CCCC2. The minimum atomic E-state index is -0.933. The van der Waals surface area contributed by atoms with Crippen LogP contribution in [-0.2, 0) is 17.6 Å². The van der Waals surface area contributed by atoms with E-state index in [2.05, 4.69) is 16.3 Å². The Morgan fingerprint density at radius 2 is 2.19 bits per heavy atom. The molecule has 6 nitrogen and oxygen atoms in total. The zero-order chi connectivity index (χ0) is 14.8. The third-order valence-electron chi connectivity index (χ3n) is 3.58. The Bertz CT molecular complexity index is 735.